The Labute approximate surface area is 165 Å². The first-order valence-electron chi connectivity index (χ1n) is 8.56. The summed E-state index contributed by atoms with van der Waals surface area (Å²) in [4.78, 5) is 39.8. The quantitative estimate of drug-likeness (QED) is 0.554. The van der Waals surface area contributed by atoms with Crippen molar-refractivity contribution >= 4 is 33.7 Å². The summed E-state index contributed by atoms with van der Waals surface area (Å²) in [5.41, 5.74) is 1.09. The number of ether oxygens (including phenoxy) is 1. The summed E-state index contributed by atoms with van der Waals surface area (Å²) in [6, 6.07) is 13.8. The van der Waals surface area contributed by atoms with E-state index < -0.39 is 5.97 Å². The van der Waals surface area contributed by atoms with E-state index in [0.717, 1.165) is 4.47 Å². The van der Waals surface area contributed by atoms with Crippen LogP contribution in [0.4, 0.5) is 0 Å². The van der Waals surface area contributed by atoms with Gasteiger partial charge in [-0.05, 0) is 42.5 Å². The smallest absolute Gasteiger partial charge is 0.308 e. The minimum Gasteiger partial charge on any atom is -0.427 e. The third-order valence-electron chi connectivity index (χ3n) is 4.29. The number of benzene rings is 2. The number of nitrogens with zero attached hydrogens (tertiary/aromatic N) is 2. The van der Waals surface area contributed by atoms with E-state index in [9.17, 15) is 14.4 Å². The molecule has 2 aromatic carbocycles. The summed E-state index contributed by atoms with van der Waals surface area (Å²) in [6.45, 7) is 3.18. The van der Waals surface area contributed by atoms with Crippen molar-refractivity contribution in [2.75, 3.05) is 26.2 Å². The number of carbonyl (C=O) groups is 3. The molecule has 2 amide bonds. The number of halogens is 1. The third-order valence-corrected chi connectivity index (χ3v) is 4.82. The zero-order valence-electron chi connectivity index (χ0n) is 14.9. The van der Waals surface area contributed by atoms with Crippen molar-refractivity contribution < 1.29 is 19.1 Å². The highest BCUT2D eigenvalue weighted by atomic mass is 79.9. The molecule has 1 fully saturated rings. The van der Waals surface area contributed by atoms with Crippen LogP contribution in [0, 0.1) is 0 Å². The van der Waals surface area contributed by atoms with Gasteiger partial charge in [-0.1, -0.05) is 22.0 Å². The lowest BCUT2D eigenvalue weighted by atomic mass is 10.1. The summed E-state index contributed by atoms with van der Waals surface area (Å²) < 4.78 is 5.95. The second kappa shape index (κ2) is 8.35. The number of hydrogen-bond donors (Lipinski definition) is 0. The van der Waals surface area contributed by atoms with Crippen molar-refractivity contribution in [3.63, 3.8) is 0 Å². The predicted octanol–water partition coefficient (Wildman–Crippen LogP) is 2.97. The molecule has 1 aliphatic heterocycles. The lowest BCUT2D eigenvalue weighted by molar-refractivity contribution is -0.131. The zero-order valence-corrected chi connectivity index (χ0v) is 16.4. The standard InChI is InChI=1S/C20H19BrN2O4/c1-14(24)27-18-4-2-3-16(13-18)20(26)23-11-9-22(10-12-23)19(25)15-5-7-17(21)8-6-15/h2-8,13H,9-12H2,1H3. The van der Waals surface area contributed by atoms with Gasteiger partial charge in [0.25, 0.3) is 11.8 Å². The van der Waals surface area contributed by atoms with Gasteiger partial charge in [-0.15, -0.1) is 0 Å². The second-order valence-electron chi connectivity index (χ2n) is 6.21. The molecule has 0 radical (unpaired) electrons. The topological polar surface area (TPSA) is 66.9 Å². The summed E-state index contributed by atoms with van der Waals surface area (Å²) >= 11 is 3.36. The highest BCUT2D eigenvalue weighted by Crippen LogP contribution is 2.17. The van der Waals surface area contributed by atoms with Crippen LogP contribution in [0.25, 0.3) is 0 Å². The van der Waals surface area contributed by atoms with Gasteiger partial charge >= 0.3 is 5.97 Å². The van der Waals surface area contributed by atoms with Gasteiger partial charge in [0.2, 0.25) is 0 Å². The van der Waals surface area contributed by atoms with Crippen LogP contribution in [0.15, 0.2) is 53.0 Å². The molecular formula is C20H19BrN2O4. The van der Waals surface area contributed by atoms with E-state index in [1.54, 1.807) is 46.2 Å². The van der Waals surface area contributed by atoms with Gasteiger partial charge in [0, 0.05) is 48.7 Å². The largest absolute Gasteiger partial charge is 0.427 e. The van der Waals surface area contributed by atoms with Gasteiger partial charge in [-0.25, -0.2) is 0 Å². The molecule has 0 bridgehead atoms. The minimum atomic E-state index is -0.431. The number of amides is 2. The number of esters is 1. The van der Waals surface area contributed by atoms with Crippen molar-refractivity contribution in [2.24, 2.45) is 0 Å². The Morgan fingerprint density at radius 2 is 1.41 bits per heavy atom. The maximum absolute atomic E-state index is 12.7. The highest BCUT2D eigenvalue weighted by molar-refractivity contribution is 9.10. The Hall–Kier alpha value is -2.67. The van der Waals surface area contributed by atoms with Crippen molar-refractivity contribution in [3.8, 4) is 5.75 Å². The summed E-state index contributed by atoms with van der Waals surface area (Å²) in [5, 5.41) is 0. The van der Waals surface area contributed by atoms with Crippen LogP contribution >= 0.6 is 15.9 Å². The molecule has 0 aromatic heterocycles. The van der Waals surface area contributed by atoms with Gasteiger partial charge in [-0.3, -0.25) is 14.4 Å². The van der Waals surface area contributed by atoms with E-state index in [2.05, 4.69) is 15.9 Å². The molecule has 140 valence electrons. The van der Waals surface area contributed by atoms with Crippen LogP contribution in [-0.4, -0.2) is 53.8 Å². The molecule has 0 spiro atoms. The van der Waals surface area contributed by atoms with Crippen molar-refractivity contribution in [1.29, 1.82) is 0 Å². The molecule has 2 aromatic rings. The predicted molar refractivity (Wildman–Crippen MR) is 104 cm³/mol. The van der Waals surface area contributed by atoms with Crippen molar-refractivity contribution in [3.05, 3.63) is 64.1 Å². The molecule has 0 N–H and O–H groups in total. The van der Waals surface area contributed by atoms with Crippen LogP contribution in [0.3, 0.4) is 0 Å². The molecule has 1 aliphatic rings. The van der Waals surface area contributed by atoms with Gasteiger partial charge in [0.15, 0.2) is 0 Å². The molecule has 6 nitrogen and oxygen atoms in total. The number of hydrogen-bond acceptors (Lipinski definition) is 4. The fourth-order valence-corrected chi connectivity index (χ4v) is 3.19. The molecule has 0 saturated carbocycles. The summed E-state index contributed by atoms with van der Waals surface area (Å²) in [5.74, 6) is -0.261. The van der Waals surface area contributed by atoms with E-state index in [-0.39, 0.29) is 11.8 Å². The van der Waals surface area contributed by atoms with Crippen molar-refractivity contribution in [2.45, 2.75) is 6.92 Å². The Kier molecular flexibility index (Phi) is 5.91. The van der Waals surface area contributed by atoms with E-state index in [1.165, 1.54) is 6.92 Å². The van der Waals surface area contributed by atoms with Crippen LogP contribution in [0.1, 0.15) is 27.6 Å². The van der Waals surface area contributed by atoms with Gasteiger partial charge in [0.1, 0.15) is 5.75 Å². The fraction of sp³-hybridized carbons (Fsp3) is 0.250. The first kappa shape index (κ1) is 19.1. The molecular weight excluding hydrogens is 412 g/mol. The average Bonchev–Trinajstić information content (AvgIpc) is 2.67. The van der Waals surface area contributed by atoms with Crippen LogP contribution in [0.2, 0.25) is 0 Å². The summed E-state index contributed by atoms with van der Waals surface area (Å²) in [6.07, 6.45) is 0. The first-order valence-corrected chi connectivity index (χ1v) is 9.36. The van der Waals surface area contributed by atoms with Crippen LogP contribution < -0.4 is 4.74 Å². The first-order chi connectivity index (χ1) is 12.9. The molecule has 1 saturated heterocycles. The van der Waals surface area contributed by atoms with Gasteiger partial charge < -0.3 is 14.5 Å². The molecule has 0 aliphatic carbocycles. The van der Waals surface area contributed by atoms with Crippen LogP contribution in [0.5, 0.6) is 5.75 Å². The SMILES string of the molecule is CC(=O)Oc1cccc(C(=O)N2CCN(C(=O)c3ccc(Br)cc3)CC2)c1. The summed E-state index contributed by atoms with van der Waals surface area (Å²) in [7, 11) is 0. The maximum atomic E-state index is 12.7. The van der Waals surface area contributed by atoms with Crippen LogP contribution in [-0.2, 0) is 4.79 Å². The fourth-order valence-electron chi connectivity index (χ4n) is 2.93. The number of piperazine rings is 1. The monoisotopic (exact) mass is 430 g/mol. The molecule has 27 heavy (non-hydrogen) atoms. The minimum absolute atomic E-state index is 0.0357. The Bertz CT molecular complexity index is 859. The van der Waals surface area contributed by atoms with E-state index >= 15 is 0 Å². The Balaban J connectivity index is 1.61. The van der Waals surface area contributed by atoms with Gasteiger partial charge in [-0.2, -0.15) is 0 Å². The highest BCUT2D eigenvalue weighted by Gasteiger charge is 2.25. The lowest BCUT2D eigenvalue weighted by Gasteiger charge is -2.35. The normalized spacial score (nSPS) is 14.0. The average molecular weight is 431 g/mol. The maximum Gasteiger partial charge on any atom is 0.308 e. The molecule has 7 heteroatoms. The van der Waals surface area contributed by atoms with E-state index in [4.69, 9.17) is 4.74 Å². The Morgan fingerprint density at radius 3 is 1.96 bits per heavy atom. The molecule has 3 rings (SSSR count). The van der Waals surface area contributed by atoms with E-state index in [1.807, 2.05) is 12.1 Å². The lowest BCUT2D eigenvalue weighted by Crippen LogP contribution is -2.50. The molecule has 0 atom stereocenters. The zero-order chi connectivity index (χ0) is 19.4. The Morgan fingerprint density at radius 1 is 0.852 bits per heavy atom. The number of carbonyl (C=O) groups excluding carboxylic acids is 3. The second-order valence-corrected chi connectivity index (χ2v) is 7.13. The van der Waals surface area contributed by atoms with E-state index in [0.29, 0.717) is 43.1 Å². The molecule has 0 unspecified atom stereocenters. The van der Waals surface area contributed by atoms with Crippen molar-refractivity contribution in [1.82, 2.24) is 9.80 Å². The molecule has 1 heterocycles. The third kappa shape index (κ3) is 4.74. The van der Waals surface area contributed by atoms with Gasteiger partial charge in [0.05, 0.1) is 0 Å². The number of rotatable bonds is 3.